The number of nitrogens with zero attached hydrogens (tertiary/aromatic N) is 2. The molecular formula is C21H30N4. The average Bonchev–Trinajstić information content (AvgIpc) is 2.61. The molecule has 0 aliphatic carbocycles. The lowest BCUT2D eigenvalue weighted by Crippen LogP contribution is -2.33. The summed E-state index contributed by atoms with van der Waals surface area (Å²) in [5.74, 6) is 0.503. The number of benzene rings is 2. The second-order valence-corrected chi connectivity index (χ2v) is 6.64. The summed E-state index contributed by atoms with van der Waals surface area (Å²) >= 11 is 0. The number of rotatable bonds is 8. The lowest BCUT2D eigenvalue weighted by atomic mass is 10.1. The number of nitrogens with one attached hydrogen (secondary N) is 1. The Balaban J connectivity index is 1.87. The largest absolute Gasteiger partial charge is 0.370 e. The molecule has 0 bridgehead atoms. The fourth-order valence-electron chi connectivity index (χ4n) is 2.52. The molecule has 0 aliphatic rings. The minimum Gasteiger partial charge on any atom is -0.370 e. The fraction of sp³-hybridized carbons (Fsp3) is 0.381. The third-order valence-corrected chi connectivity index (χ3v) is 4.40. The monoisotopic (exact) mass is 338 g/mol. The van der Waals surface area contributed by atoms with Gasteiger partial charge in [-0.1, -0.05) is 54.6 Å². The van der Waals surface area contributed by atoms with Crippen LogP contribution in [-0.2, 0) is 19.5 Å². The Morgan fingerprint density at radius 1 is 1.04 bits per heavy atom. The average molecular weight is 338 g/mol. The quantitative estimate of drug-likeness (QED) is 0.574. The van der Waals surface area contributed by atoms with Crippen molar-refractivity contribution in [3.05, 3.63) is 71.3 Å². The van der Waals surface area contributed by atoms with Gasteiger partial charge in [-0.05, 0) is 44.0 Å². The van der Waals surface area contributed by atoms with Gasteiger partial charge in [-0.25, -0.2) is 4.99 Å². The third kappa shape index (κ3) is 6.59. The first kappa shape index (κ1) is 19.0. The van der Waals surface area contributed by atoms with Crippen molar-refractivity contribution in [1.29, 1.82) is 0 Å². The summed E-state index contributed by atoms with van der Waals surface area (Å²) in [6.07, 6.45) is 0.937. The highest BCUT2D eigenvalue weighted by atomic mass is 15.1. The van der Waals surface area contributed by atoms with Crippen LogP contribution in [0.25, 0.3) is 0 Å². The van der Waals surface area contributed by atoms with Gasteiger partial charge in [-0.2, -0.15) is 0 Å². The van der Waals surface area contributed by atoms with Gasteiger partial charge >= 0.3 is 0 Å². The maximum atomic E-state index is 6.01. The topological polar surface area (TPSA) is 53.6 Å². The first-order chi connectivity index (χ1) is 12.1. The molecule has 0 aromatic heterocycles. The van der Waals surface area contributed by atoms with E-state index in [1.54, 1.807) is 0 Å². The number of hydrogen-bond acceptors (Lipinski definition) is 2. The summed E-state index contributed by atoms with van der Waals surface area (Å²) in [4.78, 5) is 6.83. The van der Waals surface area contributed by atoms with Crippen LogP contribution in [0.3, 0.4) is 0 Å². The summed E-state index contributed by atoms with van der Waals surface area (Å²) in [5.41, 5.74) is 9.84. The fourth-order valence-corrected chi connectivity index (χ4v) is 2.52. The van der Waals surface area contributed by atoms with E-state index in [-0.39, 0.29) is 0 Å². The van der Waals surface area contributed by atoms with E-state index < -0.39 is 0 Å². The molecule has 0 radical (unpaired) electrons. The Kier molecular flexibility index (Phi) is 7.48. The van der Waals surface area contributed by atoms with Crippen molar-refractivity contribution in [2.45, 2.75) is 39.4 Å². The molecule has 4 heteroatoms. The van der Waals surface area contributed by atoms with Crippen molar-refractivity contribution in [3.63, 3.8) is 0 Å². The SMILES string of the molecule is CC(C)N(C)Cc1ccccc1CN=C(N)NCCc1ccccc1. The van der Waals surface area contributed by atoms with Gasteiger partial charge in [0.2, 0.25) is 0 Å². The Morgan fingerprint density at radius 2 is 1.68 bits per heavy atom. The van der Waals surface area contributed by atoms with Crippen LogP contribution in [-0.4, -0.2) is 30.5 Å². The van der Waals surface area contributed by atoms with Gasteiger partial charge in [0.1, 0.15) is 0 Å². The molecule has 0 heterocycles. The smallest absolute Gasteiger partial charge is 0.188 e. The number of hydrogen-bond donors (Lipinski definition) is 2. The summed E-state index contributed by atoms with van der Waals surface area (Å²) in [7, 11) is 2.14. The highest BCUT2D eigenvalue weighted by Crippen LogP contribution is 2.13. The molecule has 2 aromatic rings. The molecule has 25 heavy (non-hydrogen) atoms. The number of guanidine groups is 1. The van der Waals surface area contributed by atoms with Crippen LogP contribution < -0.4 is 11.1 Å². The maximum absolute atomic E-state index is 6.01. The van der Waals surface area contributed by atoms with Crippen LogP contribution in [0.15, 0.2) is 59.6 Å². The molecule has 0 aliphatic heterocycles. The van der Waals surface area contributed by atoms with Crippen LogP contribution in [0.2, 0.25) is 0 Å². The van der Waals surface area contributed by atoms with Crippen LogP contribution >= 0.6 is 0 Å². The van der Waals surface area contributed by atoms with E-state index in [0.29, 0.717) is 18.5 Å². The molecule has 4 nitrogen and oxygen atoms in total. The van der Waals surface area contributed by atoms with E-state index in [4.69, 9.17) is 5.73 Å². The number of nitrogens with two attached hydrogens (primary N) is 1. The van der Waals surface area contributed by atoms with Crippen LogP contribution in [0.5, 0.6) is 0 Å². The first-order valence-corrected chi connectivity index (χ1v) is 8.91. The summed E-state index contributed by atoms with van der Waals surface area (Å²) < 4.78 is 0. The third-order valence-electron chi connectivity index (χ3n) is 4.40. The molecule has 2 rings (SSSR count). The summed E-state index contributed by atoms with van der Waals surface area (Å²) in [6.45, 7) is 6.72. The van der Waals surface area contributed by atoms with Gasteiger partial charge in [0.05, 0.1) is 6.54 Å². The Morgan fingerprint density at radius 3 is 2.36 bits per heavy atom. The lowest BCUT2D eigenvalue weighted by Gasteiger charge is -2.22. The molecule has 0 unspecified atom stereocenters. The van der Waals surface area contributed by atoms with Gasteiger partial charge < -0.3 is 11.1 Å². The minimum atomic E-state index is 0.503. The zero-order valence-electron chi connectivity index (χ0n) is 15.6. The molecule has 0 amide bonds. The van der Waals surface area contributed by atoms with Crippen LogP contribution in [0.1, 0.15) is 30.5 Å². The maximum Gasteiger partial charge on any atom is 0.188 e. The molecular weight excluding hydrogens is 308 g/mol. The molecule has 0 spiro atoms. The second-order valence-electron chi connectivity index (χ2n) is 6.64. The van der Waals surface area contributed by atoms with Crippen molar-refractivity contribution in [1.82, 2.24) is 10.2 Å². The van der Waals surface area contributed by atoms with E-state index in [0.717, 1.165) is 19.5 Å². The normalized spacial score (nSPS) is 12.0. The van der Waals surface area contributed by atoms with Crippen LogP contribution in [0, 0.1) is 0 Å². The summed E-state index contributed by atoms with van der Waals surface area (Å²) in [5, 5.41) is 3.20. The first-order valence-electron chi connectivity index (χ1n) is 8.91. The van der Waals surface area contributed by atoms with E-state index >= 15 is 0 Å². The zero-order chi connectivity index (χ0) is 18.1. The molecule has 0 saturated heterocycles. The van der Waals surface area contributed by atoms with Gasteiger partial charge in [-0.3, -0.25) is 4.90 Å². The molecule has 0 fully saturated rings. The Labute approximate surface area is 151 Å². The number of aliphatic imine (C=N–C) groups is 1. The van der Waals surface area contributed by atoms with E-state index in [2.05, 4.69) is 84.6 Å². The van der Waals surface area contributed by atoms with Crippen molar-refractivity contribution >= 4 is 5.96 Å². The van der Waals surface area contributed by atoms with Crippen molar-refractivity contribution in [2.24, 2.45) is 10.7 Å². The Hall–Kier alpha value is -2.33. The van der Waals surface area contributed by atoms with Gasteiger partial charge in [-0.15, -0.1) is 0 Å². The van der Waals surface area contributed by atoms with Gasteiger partial charge in [0, 0.05) is 19.1 Å². The molecule has 134 valence electrons. The molecule has 3 N–H and O–H groups in total. The predicted octanol–water partition coefficient (Wildman–Crippen LogP) is 3.17. The van der Waals surface area contributed by atoms with Crippen molar-refractivity contribution in [2.75, 3.05) is 13.6 Å². The molecule has 2 aromatic carbocycles. The van der Waals surface area contributed by atoms with Gasteiger partial charge in [0.15, 0.2) is 5.96 Å². The molecule has 0 saturated carbocycles. The standard InChI is InChI=1S/C21H30N4/c1-17(2)25(3)16-20-12-8-7-11-19(20)15-24-21(22)23-14-13-18-9-5-4-6-10-18/h4-12,17H,13-16H2,1-3H3,(H3,22,23,24). The second kappa shape index (κ2) is 9.84. The van der Waals surface area contributed by atoms with Crippen molar-refractivity contribution in [3.8, 4) is 0 Å². The molecule has 0 atom stereocenters. The lowest BCUT2D eigenvalue weighted by molar-refractivity contribution is 0.265. The Bertz CT molecular complexity index is 665. The van der Waals surface area contributed by atoms with Crippen LogP contribution in [0.4, 0.5) is 0 Å². The van der Waals surface area contributed by atoms with E-state index in [1.807, 2.05) is 6.07 Å². The van der Waals surface area contributed by atoms with E-state index in [9.17, 15) is 0 Å². The van der Waals surface area contributed by atoms with Gasteiger partial charge in [0.25, 0.3) is 0 Å². The summed E-state index contributed by atoms with van der Waals surface area (Å²) in [6, 6.07) is 19.3. The predicted molar refractivity (Wildman–Crippen MR) is 107 cm³/mol. The van der Waals surface area contributed by atoms with Crippen molar-refractivity contribution < 1.29 is 0 Å². The highest BCUT2D eigenvalue weighted by Gasteiger charge is 2.07. The zero-order valence-corrected chi connectivity index (χ0v) is 15.6. The minimum absolute atomic E-state index is 0.503. The highest BCUT2D eigenvalue weighted by molar-refractivity contribution is 5.77. The van der Waals surface area contributed by atoms with E-state index in [1.165, 1.54) is 16.7 Å².